The molecule has 1 amide bonds. The highest BCUT2D eigenvalue weighted by molar-refractivity contribution is 5.92. The number of hydrogen-bond donors (Lipinski definition) is 5. The monoisotopic (exact) mass is 530 g/mol. The zero-order chi connectivity index (χ0) is 27.5. The summed E-state index contributed by atoms with van der Waals surface area (Å²) in [5, 5.41) is 37.2. The lowest BCUT2D eigenvalue weighted by Crippen LogP contribution is -2.65. The van der Waals surface area contributed by atoms with Crippen LogP contribution in [0.15, 0.2) is 72.8 Å². The summed E-state index contributed by atoms with van der Waals surface area (Å²) < 4.78 is 11.7. The molecule has 5 N–H and O–H groups in total. The molecule has 1 saturated heterocycles. The van der Waals surface area contributed by atoms with Crippen molar-refractivity contribution in [2.45, 2.75) is 44.5 Å². The van der Waals surface area contributed by atoms with Gasteiger partial charge in [-0.25, -0.2) is 9.97 Å². The minimum atomic E-state index is -1.40. The number of aromatic nitrogens is 2. The molecular weight excluding hydrogens is 500 g/mol. The van der Waals surface area contributed by atoms with Crippen LogP contribution >= 0.6 is 0 Å². The van der Waals surface area contributed by atoms with Crippen molar-refractivity contribution in [3.05, 3.63) is 78.4 Å². The molecule has 202 valence electrons. The molecule has 2 heterocycles. The van der Waals surface area contributed by atoms with Crippen LogP contribution in [-0.2, 0) is 9.53 Å². The molecule has 39 heavy (non-hydrogen) atoms. The maximum absolute atomic E-state index is 11.7. The standard InChI is InChI=1S/C29H30N4O6/c1-16-10-12-18(13-11-16)27-32-22-9-4-3-8-21(22)28(33-27)31-19-6-5-7-20(14-19)38-29-24(30-17(2)35)26(37)25(36)23(15-34)39-29/h3-14,23-26,29,34,36-37H,15H2,1-2H3,(H,30,35)(H,31,32,33)/t23-,24+,25-,26-,29-/m1/s1. The Morgan fingerprint density at radius 3 is 2.51 bits per heavy atom. The predicted octanol–water partition coefficient (Wildman–Crippen LogP) is 2.67. The van der Waals surface area contributed by atoms with Crippen molar-refractivity contribution >= 4 is 28.3 Å². The molecule has 1 aromatic heterocycles. The van der Waals surface area contributed by atoms with Crippen molar-refractivity contribution in [1.29, 1.82) is 0 Å². The number of hydrogen-bond acceptors (Lipinski definition) is 9. The normalized spacial score (nSPS) is 22.8. The number of benzene rings is 3. The van der Waals surface area contributed by atoms with Gasteiger partial charge in [0.15, 0.2) is 5.82 Å². The van der Waals surface area contributed by atoms with Gasteiger partial charge in [-0.05, 0) is 31.2 Å². The lowest BCUT2D eigenvalue weighted by atomic mass is 9.97. The third-order valence-corrected chi connectivity index (χ3v) is 6.51. The summed E-state index contributed by atoms with van der Waals surface area (Å²) in [5.74, 6) is 1.14. The van der Waals surface area contributed by atoms with Gasteiger partial charge in [-0.15, -0.1) is 0 Å². The molecule has 0 saturated carbocycles. The highest BCUT2D eigenvalue weighted by atomic mass is 16.7. The largest absolute Gasteiger partial charge is 0.462 e. The van der Waals surface area contributed by atoms with E-state index in [0.29, 0.717) is 23.1 Å². The molecule has 0 bridgehead atoms. The van der Waals surface area contributed by atoms with Crippen molar-refractivity contribution < 1.29 is 29.6 Å². The predicted molar refractivity (Wildman–Crippen MR) is 145 cm³/mol. The van der Waals surface area contributed by atoms with Gasteiger partial charge in [-0.1, -0.05) is 48.0 Å². The molecule has 10 nitrogen and oxygen atoms in total. The number of aryl methyl sites for hydroxylation is 1. The first-order chi connectivity index (χ1) is 18.8. The van der Waals surface area contributed by atoms with Gasteiger partial charge < -0.3 is 35.4 Å². The highest BCUT2D eigenvalue weighted by Gasteiger charge is 2.46. The molecule has 5 rings (SSSR count). The zero-order valence-electron chi connectivity index (χ0n) is 21.5. The maximum Gasteiger partial charge on any atom is 0.223 e. The second-order valence-electron chi connectivity index (χ2n) is 9.48. The van der Waals surface area contributed by atoms with Crippen molar-refractivity contribution in [3.63, 3.8) is 0 Å². The van der Waals surface area contributed by atoms with Crippen LogP contribution in [0.5, 0.6) is 5.75 Å². The number of fused-ring (bicyclic) bond motifs is 1. The van der Waals surface area contributed by atoms with Gasteiger partial charge in [0.2, 0.25) is 12.2 Å². The van der Waals surface area contributed by atoms with Gasteiger partial charge >= 0.3 is 0 Å². The Hall–Kier alpha value is -4.09. The Morgan fingerprint density at radius 1 is 1.00 bits per heavy atom. The van der Waals surface area contributed by atoms with Crippen molar-refractivity contribution in [2.24, 2.45) is 0 Å². The average molecular weight is 531 g/mol. The molecule has 0 radical (unpaired) electrons. The van der Waals surface area contributed by atoms with Gasteiger partial charge in [0.05, 0.1) is 12.1 Å². The Kier molecular flexibility index (Phi) is 7.71. The topological polar surface area (TPSA) is 146 Å². The van der Waals surface area contributed by atoms with Crippen LogP contribution in [0.1, 0.15) is 12.5 Å². The third-order valence-electron chi connectivity index (χ3n) is 6.51. The van der Waals surface area contributed by atoms with E-state index in [1.165, 1.54) is 6.92 Å². The van der Waals surface area contributed by atoms with Crippen LogP contribution in [0.25, 0.3) is 22.3 Å². The highest BCUT2D eigenvalue weighted by Crippen LogP contribution is 2.30. The average Bonchev–Trinajstić information content (AvgIpc) is 2.93. The van der Waals surface area contributed by atoms with Crippen molar-refractivity contribution in [1.82, 2.24) is 15.3 Å². The van der Waals surface area contributed by atoms with Gasteiger partial charge in [-0.3, -0.25) is 4.79 Å². The first-order valence-corrected chi connectivity index (χ1v) is 12.6. The molecule has 1 aliphatic rings. The number of rotatable bonds is 7. The summed E-state index contributed by atoms with van der Waals surface area (Å²) in [4.78, 5) is 21.3. The molecule has 10 heteroatoms. The van der Waals surface area contributed by atoms with E-state index in [9.17, 15) is 20.1 Å². The fourth-order valence-corrected chi connectivity index (χ4v) is 4.49. The number of anilines is 2. The smallest absolute Gasteiger partial charge is 0.223 e. The lowest BCUT2D eigenvalue weighted by Gasteiger charge is -2.42. The van der Waals surface area contributed by atoms with E-state index in [1.807, 2.05) is 61.5 Å². The molecular formula is C29H30N4O6. The number of carbonyl (C=O) groups excluding carboxylic acids is 1. The molecule has 4 aromatic rings. The number of aliphatic hydroxyl groups excluding tert-OH is 3. The molecule has 0 aliphatic carbocycles. The number of nitrogens with zero attached hydrogens (tertiary/aromatic N) is 2. The van der Waals surface area contributed by atoms with Gasteiger partial charge in [0, 0.05) is 29.6 Å². The summed E-state index contributed by atoms with van der Waals surface area (Å²) in [7, 11) is 0. The van der Waals surface area contributed by atoms with Crippen LogP contribution in [0.2, 0.25) is 0 Å². The minimum Gasteiger partial charge on any atom is -0.462 e. The molecule has 0 spiro atoms. The number of nitrogens with one attached hydrogen (secondary N) is 2. The zero-order valence-corrected chi connectivity index (χ0v) is 21.5. The van der Waals surface area contributed by atoms with Gasteiger partial charge in [0.25, 0.3) is 0 Å². The molecule has 1 fully saturated rings. The number of aliphatic hydroxyl groups is 3. The number of para-hydroxylation sites is 1. The van der Waals surface area contributed by atoms with E-state index in [2.05, 4.69) is 10.6 Å². The van der Waals surface area contributed by atoms with Gasteiger partial charge in [0.1, 0.15) is 35.9 Å². The summed E-state index contributed by atoms with van der Waals surface area (Å²) in [5.41, 5.74) is 3.49. The second kappa shape index (κ2) is 11.3. The van der Waals surface area contributed by atoms with Crippen LogP contribution in [0.3, 0.4) is 0 Å². The summed E-state index contributed by atoms with van der Waals surface area (Å²) in [6.45, 7) is 2.78. The van der Waals surface area contributed by atoms with Crippen LogP contribution in [0, 0.1) is 6.92 Å². The Labute approximate surface area is 225 Å². The Balaban J connectivity index is 1.43. The van der Waals surface area contributed by atoms with Gasteiger partial charge in [-0.2, -0.15) is 0 Å². The minimum absolute atomic E-state index is 0.373. The lowest BCUT2D eigenvalue weighted by molar-refractivity contribution is -0.244. The van der Waals surface area contributed by atoms with Crippen LogP contribution in [0.4, 0.5) is 11.5 Å². The Bertz CT molecular complexity index is 1460. The van der Waals surface area contributed by atoms with E-state index < -0.39 is 43.2 Å². The second-order valence-corrected chi connectivity index (χ2v) is 9.48. The Morgan fingerprint density at radius 2 is 1.77 bits per heavy atom. The SMILES string of the molecule is CC(=O)N[C@@H]1[C@H](Oc2cccc(Nc3nc(-c4ccc(C)cc4)nc4ccccc34)c2)O[C@H](CO)[C@@H](O)[C@@H]1O. The number of carbonyl (C=O) groups is 1. The molecule has 0 unspecified atom stereocenters. The first-order valence-electron chi connectivity index (χ1n) is 12.6. The summed E-state index contributed by atoms with van der Waals surface area (Å²) in [6.07, 6.45) is -5.04. The van der Waals surface area contributed by atoms with E-state index in [-0.39, 0.29) is 0 Å². The maximum atomic E-state index is 11.7. The van der Waals surface area contributed by atoms with Crippen LogP contribution < -0.4 is 15.4 Å². The van der Waals surface area contributed by atoms with E-state index in [0.717, 1.165) is 22.0 Å². The summed E-state index contributed by atoms with van der Waals surface area (Å²) in [6, 6.07) is 21.7. The molecule has 5 atom stereocenters. The first kappa shape index (κ1) is 26.5. The van der Waals surface area contributed by atoms with E-state index in [4.69, 9.17) is 19.4 Å². The quantitative estimate of drug-likeness (QED) is 0.243. The number of ether oxygens (including phenoxy) is 2. The third kappa shape index (κ3) is 5.84. The van der Waals surface area contributed by atoms with E-state index in [1.54, 1.807) is 18.2 Å². The van der Waals surface area contributed by atoms with Crippen molar-refractivity contribution in [2.75, 3.05) is 11.9 Å². The fourth-order valence-electron chi connectivity index (χ4n) is 4.49. The fraction of sp³-hybridized carbons (Fsp3) is 0.276. The number of amides is 1. The van der Waals surface area contributed by atoms with Crippen LogP contribution in [-0.4, -0.2) is 68.4 Å². The molecule has 3 aromatic carbocycles. The summed E-state index contributed by atoms with van der Waals surface area (Å²) >= 11 is 0. The van der Waals surface area contributed by atoms with E-state index >= 15 is 0 Å². The molecule has 1 aliphatic heterocycles. The van der Waals surface area contributed by atoms with Crippen molar-refractivity contribution in [3.8, 4) is 17.1 Å².